The number of benzene rings is 2. The fourth-order valence-electron chi connectivity index (χ4n) is 4.13. The molecule has 32 heavy (non-hydrogen) atoms. The van der Waals surface area contributed by atoms with Crippen molar-refractivity contribution in [2.24, 2.45) is 0 Å². The molecule has 0 aliphatic carbocycles. The number of amides is 2. The molecule has 2 aromatic carbocycles. The number of anilines is 1. The highest BCUT2D eigenvalue weighted by Crippen LogP contribution is 2.40. The van der Waals surface area contributed by atoms with Gasteiger partial charge in [0.05, 0.1) is 30.4 Å². The topological polar surface area (TPSA) is 102 Å². The number of hydrogen-bond donors (Lipinski definition) is 0. The second-order valence-electron chi connectivity index (χ2n) is 7.56. The van der Waals surface area contributed by atoms with Crippen molar-refractivity contribution in [3.8, 4) is 11.5 Å². The Morgan fingerprint density at radius 2 is 1.59 bits per heavy atom. The van der Waals surface area contributed by atoms with Gasteiger partial charge in [-0.15, -0.1) is 0 Å². The number of methoxy groups -OCH3 is 2. The summed E-state index contributed by atoms with van der Waals surface area (Å²) in [7, 11) is 2.98. The number of nitrogens with zero attached hydrogens (tertiary/aromatic N) is 3. The van der Waals surface area contributed by atoms with Gasteiger partial charge in [-0.3, -0.25) is 19.7 Å². The summed E-state index contributed by atoms with van der Waals surface area (Å²) in [6.07, 6.45) is 2.91. The van der Waals surface area contributed by atoms with Gasteiger partial charge in [0.2, 0.25) is 0 Å². The van der Waals surface area contributed by atoms with Crippen LogP contribution in [0.1, 0.15) is 24.8 Å². The number of rotatable bonds is 6. The maximum atomic E-state index is 13.6. The van der Waals surface area contributed by atoms with E-state index in [1.807, 2.05) is 4.90 Å². The van der Waals surface area contributed by atoms with Crippen LogP contribution in [0.25, 0.3) is 5.57 Å². The van der Waals surface area contributed by atoms with Crippen molar-refractivity contribution in [3.05, 3.63) is 63.8 Å². The summed E-state index contributed by atoms with van der Waals surface area (Å²) in [6.45, 7) is 1.33. The molecule has 2 aliphatic heterocycles. The highest BCUT2D eigenvalue weighted by Gasteiger charge is 2.43. The highest BCUT2D eigenvalue weighted by atomic mass is 16.6. The zero-order valence-electron chi connectivity index (χ0n) is 17.9. The van der Waals surface area contributed by atoms with Crippen LogP contribution in [0.5, 0.6) is 11.5 Å². The molecule has 0 atom stereocenters. The number of nitro benzene ring substituents is 1. The van der Waals surface area contributed by atoms with Crippen molar-refractivity contribution in [3.63, 3.8) is 0 Å². The van der Waals surface area contributed by atoms with E-state index in [0.29, 0.717) is 41.5 Å². The van der Waals surface area contributed by atoms with E-state index in [-0.39, 0.29) is 11.3 Å². The minimum atomic E-state index is -0.500. The zero-order valence-corrected chi connectivity index (χ0v) is 17.9. The third kappa shape index (κ3) is 3.66. The molecule has 2 aliphatic rings. The molecule has 0 radical (unpaired) electrons. The summed E-state index contributed by atoms with van der Waals surface area (Å²) in [4.78, 5) is 40.8. The van der Waals surface area contributed by atoms with Gasteiger partial charge in [-0.2, -0.15) is 0 Å². The van der Waals surface area contributed by atoms with Gasteiger partial charge < -0.3 is 14.4 Å². The number of hydrogen-bond acceptors (Lipinski definition) is 7. The molecule has 2 amide bonds. The first-order chi connectivity index (χ1) is 15.5. The van der Waals surface area contributed by atoms with Crippen LogP contribution in [0.4, 0.5) is 11.4 Å². The van der Waals surface area contributed by atoms with Crippen LogP contribution >= 0.6 is 0 Å². The maximum absolute atomic E-state index is 13.6. The van der Waals surface area contributed by atoms with Crippen molar-refractivity contribution in [1.29, 1.82) is 0 Å². The first-order valence-corrected chi connectivity index (χ1v) is 10.3. The normalized spacial score (nSPS) is 16.6. The molecule has 0 spiro atoms. The molecule has 0 N–H and O–H groups in total. The first kappa shape index (κ1) is 21.4. The monoisotopic (exact) mass is 437 g/mol. The second-order valence-corrected chi connectivity index (χ2v) is 7.56. The molecule has 4 rings (SSSR count). The largest absolute Gasteiger partial charge is 0.497 e. The molecule has 166 valence electrons. The number of imide groups is 1. The van der Waals surface area contributed by atoms with Gasteiger partial charge in [0, 0.05) is 31.3 Å². The third-order valence-corrected chi connectivity index (χ3v) is 5.73. The average molecular weight is 437 g/mol. The lowest BCUT2D eigenvalue weighted by Gasteiger charge is -2.29. The van der Waals surface area contributed by atoms with Gasteiger partial charge in [0.15, 0.2) is 0 Å². The Kier molecular flexibility index (Phi) is 5.81. The molecule has 9 nitrogen and oxygen atoms in total. The van der Waals surface area contributed by atoms with E-state index in [2.05, 4.69) is 0 Å². The number of likely N-dealkylation sites (tertiary alicyclic amines) is 1. The van der Waals surface area contributed by atoms with E-state index in [0.717, 1.165) is 24.2 Å². The molecule has 0 saturated carbocycles. The number of carbonyl (C=O) groups is 2. The number of piperidine rings is 1. The number of carbonyl (C=O) groups excluding carboxylic acids is 2. The number of nitro groups is 1. The lowest BCUT2D eigenvalue weighted by molar-refractivity contribution is -0.384. The smallest absolute Gasteiger partial charge is 0.282 e. The minimum Gasteiger partial charge on any atom is -0.497 e. The van der Waals surface area contributed by atoms with Gasteiger partial charge in [-0.05, 0) is 49.1 Å². The van der Waals surface area contributed by atoms with E-state index in [1.54, 1.807) is 18.2 Å². The van der Waals surface area contributed by atoms with Gasteiger partial charge >= 0.3 is 0 Å². The van der Waals surface area contributed by atoms with Crippen LogP contribution in [0.3, 0.4) is 0 Å². The SMILES string of the molecule is COc1ccc(N2C(=O)C(c3ccc([N+](=O)[O-])cc3)=C(N3CCCCC3)C2=O)c(OC)c1. The Balaban J connectivity index is 1.82. The fraction of sp³-hybridized carbons (Fsp3) is 0.304. The Morgan fingerprint density at radius 1 is 0.906 bits per heavy atom. The second kappa shape index (κ2) is 8.70. The predicted octanol–water partition coefficient (Wildman–Crippen LogP) is 3.38. The van der Waals surface area contributed by atoms with Crippen LogP contribution in [0.15, 0.2) is 48.2 Å². The maximum Gasteiger partial charge on any atom is 0.282 e. The minimum absolute atomic E-state index is 0.0840. The summed E-state index contributed by atoms with van der Waals surface area (Å²) in [6, 6.07) is 10.6. The van der Waals surface area contributed by atoms with E-state index in [4.69, 9.17) is 9.47 Å². The summed E-state index contributed by atoms with van der Waals surface area (Å²) >= 11 is 0. The lowest BCUT2D eigenvalue weighted by Crippen LogP contribution is -2.37. The van der Waals surface area contributed by atoms with Crippen molar-refractivity contribution in [2.75, 3.05) is 32.2 Å². The molecule has 1 fully saturated rings. The third-order valence-electron chi connectivity index (χ3n) is 5.73. The lowest BCUT2D eigenvalue weighted by atomic mass is 10.0. The molecule has 2 aromatic rings. The molecule has 0 bridgehead atoms. The van der Waals surface area contributed by atoms with Gasteiger partial charge in [0.1, 0.15) is 17.2 Å². The summed E-state index contributed by atoms with van der Waals surface area (Å²) in [5.41, 5.74) is 1.25. The molecule has 9 heteroatoms. The van der Waals surface area contributed by atoms with Crippen LogP contribution in [0.2, 0.25) is 0 Å². The Hall–Kier alpha value is -3.88. The Labute approximate surface area is 185 Å². The predicted molar refractivity (Wildman–Crippen MR) is 117 cm³/mol. The molecule has 0 aromatic heterocycles. The highest BCUT2D eigenvalue weighted by molar-refractivity contribution is 6.45. The van der Waals surface area contributed by atoms with Crippen molar-refractivity contribution >= 4 is 28.8 Å². The van der Waals surface area contributed by atoms with Crippen molar-refractivity contribution < 1.29 is 24.0 Å². The quantitative estimate of drug-likeness (QED) is 0.388. The van der Waals surface area contributed by atoms with E-state index >= 15 is 0 Å². The molecule has 0 unspecified atom stereocenters. The number of ether oxygens (including phenoxy) is 2. The average Bonchev–Trinajstić information content (AvgIpc) is 3.08. The van der Waals surface area contributed by atoms with Crippen LogP contribution in [0, 0.1) is 10.1 Å². The van der Waals surface area contributed by atoms with E-state index in [9.17, 15) is 19.7 Å². The zero-order chi connectivity index (χ0) is 22.8. The van der Waals surface area contributed by atoms with E-state index < -0.39 is 16.7 Å². The molecule has 1 saturated heterocycles. The molecule has 2 heterocycles. The fourth-order valence-corrected chi connectivity index (χ4v) is 4.13. The summed E-state index contributed by atoms with van der Waals surface area (Å²) in [5.74, 6) is -0.0693. The molecular formula is C23H23N3O6. The van der Waals surface area contributed by atoms with Crippen LogP contribution in [-0.4, -0.2) is 48.9 Å². The van der Waals surface area contributed by atoms with Crippen LogP contribution in [-0.2, 0) is 9.59 Å². The van der Waals surface area contributed by atoms with Crippen molar-refractivity contribution in [2.45, 2.75) is 19.3 Å². The van der Waals surface area contributed by atoms with Gasteiger partial charge in [-0.25, -0.2) is 4.90 Å². The summed E-state index contributed by atoms with van der Waals surface area (Å²) in [5, 5.41) is 11.1. The van der Waals surface area contributed by atoms with E-state index in [1.165, 1.54) is 38.5 Å². The van der Waals surface area contributed by atoms with Crippen LogP contribution < -0.4 is 14.4 Å². The first-order valence-electron chi connectivity index (χ1n) is 10.3. The Bertz CT molecular complexity index is 1100. The summed E-state index contributed by atoms with van der Waals surface area (Å²) < 4.78 is 10.7. The van der Waals surface area contributed by atoms with Crippen molar-refractivity contribution in [1.82, 2.24) is 4.90 Å². The standard InChI is InChI=1S/C23H23N3O6/c1-31-17-10-11-18(19(14-17)32-2)25-22(27)20(15-6-8-16(9-7-15)26(29)30)21(23(25)28)24-12-4-3-5-13-24/h6-11,14H,3-5,12-13H2,1-2H3. The van der Waals surface area contributed by atoms with Gasteiger partial charge in [0.25, 0.3) is 17.5 Å². The van der Waals surface area contributed by atoms with Gasteiger partial charge in [-0.1, -0.05) is 0 Å². The number of non-ortho nitro benzene ring substituents is 1. The molecular weight excluding hydrogens is 414 g/mol. The Morgan fingerprint density at radius 3 is 2.19 bits per heavy atom.